The molecule has 12 heteroatoms. The molecule has 0 saturated carbocycles. The average molecular weight is 556 g/mol. The summed E-state index contributed by atoms with van der Waals surface area (Å²) in [4.78, 5) is 38.8. The Morgan fingerprint density at radius 2 is 1.83 bits per heavy atom. The van der Waals surface area contributed by atoms with Crippen LogP contribution in [0.1, 0.15) is 12.0 Å². The molecular weight excluding hydrogens is 535 g/mol. The molecule has 35 heavy (non-hydrogen) atoms. The van der Waals surface area contributed by atoms with E-state index in [0.29, 0.717) is 5.69 Å². The van der Waals surface area contributed by atoms with Gasteiger partial charge in [0.2, 0.25) is 11.8 Å². The third kappa shape index (κ3) is 7.38. The molecule has 184 valence electrons. The first-order chi connectivity index (χ1) is 16.7. The van der Waals surface area contributed by atoms with Crippen molar-refractivity contribution in [2.24, 2.45) is 5.10 Å². The molecule has 2 aromatic rings. The van der Waals surface area contributed by atoms with Gasteiger partial charge in [0.1, 0.15) is 11.0 Å². The van der Waals surface area contributed by atoms with Gasteiger partial charge in [-0.15, -0.1) is 11.7 Å². The maximum atomic E-state index is 12.8. The lowest BCUT2D eigenvalue weighted by atomic mass is 10.2. The Labute approximate surface area is 221 Å². The van der Waals surface area contributed by atoms with Crippen LogP contribution in [-0.4, -0.2) is 46.2 Å². The highest BCUT2D eigenvalue weighted by atomic mass is 35.5. The van der Waals surface area contributed by atoms with Crippen LogP contribution in [0.15, 0.2) is 54.2 Å². The highest BCUT2D eigenvalue weighted by Crippen LogP contribution is 2.34. The maximum absolute atomic E-state index is 12.8. The smallest absolute Gasteiger partial charge is 0.278 e. The normalized spacial score (nSPS) is 16.3. The van der Waals surface area contributed by atoms with Crippen LogP contribution >= 0.6 is 46.6 Å². The molecule has 1 atom stereocenters. The molecule has 0 bridgehead atoms. The van der Waals surface area contributed by atoms with E-state index in [-0.39, 0.29) is 50.8 Å². The maximum Gasteiger partial charge on any atom is 0.278 e. The van der Waals surface area contributed by atoms with Gasteiger partial charge >= 0.3 is 0 Å². The zero-order valence-corrected chi connectivity index (χ0v) is 21.6. The van der Waals surface area contributed by atoms with E-state index in [1.54, 1.807) is 12.1 Å². The largest absolute Gasteiger partial charge is 0.482 e. The van der Waals surface area contributed by atoms with Crippen LogP contribution in [0.5, 0.6) is 5.75 Å². The van der Waals surface area contributed by atoms with Gasteiger partial charge in [-0.2, -0.15) is 0 Å². The lowest BCUT2D eigenvalue weighted by Gasteiger charge is -2.14. The van der Waals surface area contributed by atoms with Crippen molar-refractivity contribution in [1.29, 1.82) is 0 Å². The van der Waals surface area contributed by atoms with Crippen molar-refractivity contribution < 1.29 is 19.1 Å². The van der Waals surface area contributed by atoms with E-state index >= 15 is 0 Å². The fourth-order valence-corrected chi connectivity index (χ4v) is 4.64. The zero-order valence-electron chi connectivity index (χ0n) is 18.5. The molecule has 0 aliphatic carbocycles. The van der Waals surface area contributed by atoms with Crippen LogP contribution in [0.25, 0.3) is 0 Å². The molecular formula is C23H21Cl3N4O4S. The SMILES string of the molecule is C=CCN1C(=O)C(CC(=O)Nc2ccc(C)cc2)S/C1=N/NC(=O)COc1cc(Cl)c(Cl)cc1Cl. The van der Waals surface area contributed by atoms with Gasteiger partial charge < -0.3 is 10.1 Å². The van der Waals surface area contributed by atoms with E-state index in [4.69, 9.17) is 39.5 Å². The van der Waals surface area contributed by atoms with Crippen LogP contribution < -0.4 is 15.5 Å². The predicted octanol–water partition coefficient (Wildman–Crippen LogP) is 4.88. The van der Waals surface area contributed by atoms with Gasteiger partial charge in [-0.05, 0) is 25.1 Å². The summed E-state index contributed by atoms with van der Waals surface area (Å²) < 4.78 is 5.37. The molecule has 0 aromatic heterocycles. The number of benzene rings is 2. The first-order valence-corrected chi connectivity index (χ1v) is 12.3. The lowest BCUT2D eigenvalue weighted by Crippen LogP contribution is -2.35. The van der Waals surface area contributed by atoms with Gasteiger partial charge in [0.25, 0.3) is 5.91 Å². The Bertz CT molecular complexity index is 1170. The average Bonchev–Trinajstić information content (AvgIpc) is 3.10. The van der Waals surface area contributed by atoms with E-state index < -0.39 is 17.8 Å². The zero-order chi connectivity index (χ0) is 25.5. The van der Waals surface area contributed by atoms with Crippen LogP contribution in [-0.2, 0) is 14.4 Å². The number of aryl methyl sites for hydroxylation is 1. The van der Waals surface area contributed by atoms with Gasteiger partial charge in [0, 0.05) is 24.7 Å². The standard InChI is InChI=1S/C23H21Cl3N4O4S/c1-3-8-30-22(33)19(11-20(31)27-14-6-4-13(2)5-7-14)35-23(30)29-28-21(32)12-34-18-10-16(25)15(24)9-17(18)26/h3-7,9-10,19H,1,8,11-12H2,2H3,(H,27,31)(H,28,32)/b29-23+. The Kier molecular flexibility index (Phi) is 9.45. The fourth-order valence-electron chi connectivity index (χ4n) is 2.94. The van der Waals surface area contributed by atoms with E-state index in [0.717, 1.165) is 17.3 Å². The molecule has 1 aliphatic rings. The van der Waals surface area contributed by atoms with Gasteiger partial charge in [0.15, 0.2) is 11.8 Å². The minimum Gasteiger partial charge on any atom is -0.482 e. The number of hydrogen-bond donors (Lipinski definition) is 2. The van der Waals surface area contributed by atoms with Crippen molar-refractivity contribution in [3.8, 4) is 5.75 Å². The van der Waals surface area contributed by atoms with Crippen LogP contribution in [0.2, 0.25) is 15.1 Å². The second kappa shape index (κ2) is 12.3. The predicted molar refractivity (Wildman–Crippen MR) is 140 cm³/mol. The number of hydrogen-bond acceptors (Lipinski definition) is 6. The lowest BCUT2D eigenvalue weighted by molar-refractivity contribution is -0.128. The van der Waals surface area contributed by atoms with Crippen molar-refractivity contribution in [2.45, 2.75) is 18.6 Å². The molecule has 0 radical (unpaired) electrons. The topological polar surface area (TPSA) is 100 Å². The summed E-state index contributed by atoms with van der Waals surface area (Å²) >= 11 is 18.9. The van der Waals surface area contributed by atoms with Crippen molar-refractivity contribution in [3.63, 3.8) is 0 Å². The van der Waals surface area contributed by atoms with Crippen LogP contribution in [0.3, 0.4) is 0 Å². The fraction of sp³-hybridized carbons (Fsp3) is 0.217. The summed E-state index contributed by atoms with van der Waals surface area (Å²) in [5, 5.41) is 7.04. The third-order valence-electron chi connectivity index (χ3n) is 4.65. The van der Waals surface area contributed by atoms with E-state index in [1.807, 2.05) is 19.1 Å². The molecule has 1 fully saturated rings. The van der Waals surface area contributed by atoms with Gasteiger partial charge in [-0.25, -0.2) is 5.43 Å². The molecule has 3 rings (SSSR count). The van der Waals surface area contributed by atoms with Gasteiger partial charge in [-0.1, -0.05) is 70.3 Å². The number of ether oxygens (including phenoxy) is 1. The Hall–Kier alpha value is -2.72. The summed E-state index contributed by atoms with van der Waals surface area (Å²) in [5.41, 5.74) is 4.05. The molecule has 2 N–H and O–H groups in total. The van der Waals surface area contributed by atoms with E-state index in [2.05, 4.69) is 22.4 Å². The molecule has 3 amide bonds. The highest BCUT2D eigenvalue weighted by molar-refractivity contribution is 8.15. The van der Waals surface area contributed by atoms with Crippen molar-refractivity contribution in [1.82, 2.24) is 10.3 Å². The molecule has 8 nitrogen and oxygen atoms in total. The summed E-state index contributed by atoms with van der Waals surface area (Å²) in [6.45, 7) is 5.36. The number of anilines is 1. The van der Waals surface area contributed by atoms with Crippen molar-refractivity contribution >= 4 is 75.1 Å². The molecule has 1 heterocycles. The number of amides is 3. The summed E-state index contributed by atoms with van der Waals surface area (Å²) in [7, 11) is 0. The molecule has 1 unspecified atom stereocenters. The number of nitrogens with zero attached hydrogens (tertiary/aromatic N) is 2. The van der Waals surface area contributed by atoms with E-state index in [1.165, 1.54) is 23.1 Å². The monoisotopic (exact) mass is 554 g/mol. The second-order valence-corrected chi connectivity index (χ2v) is 9.77. The quantitative estimate of drug-likeness (QED) is 0.261. The number of rotatable bonds is 9. The Balaban J connectivity index is 1.59. The number of amidine groups is 1. The van der Waals surface area contributed by atoms with Crippen molar-refractivity contribution in [2.75, 3.05) is 18.5 Å². The highest BCUT2D eigenvalue weighted by Gasteiger charge is 2.38. The summed E-state index contributed by atoms with van der Waals surface area (Å²) in [6.07, 6.45) is 1.47. The van der Waals surface area contributed by atoms with Crippen LogP contribution in [0.4, 0.5) is 5.69 Å². The molecule has 0 spiro atoms. The third-order valence-corrected chi connectivity index (χ3v) is 6.84. The van der Waals surface area contributed by atoms with Crippen LogP contribution in [0, 0.1) is 6.92 Å². The number of thioether (sulfide) groups is 1. The summed E-state index contributed by atoms with van der Waals surface area (Å²) in [6, 6.07) is 10.1. The summed E-state index contributed by atoms with van der Waals surface area (Å²) in [5.74, 6) is -1.02. The number of carbonyl (C=O) groups is 3. The first-order valence-electron chi connectivity index (χ1n) is 10.3. The number of nitrogens with one attached hydrogen (secondary N) is 2. The first kappa shape index (κ1) is 26.9. The van der Waals surface area contributed by atoms with Gasteiger partial charge in [0.05, 0.1) is 15.1 Å². The number of carbonyl (C=O) groups excluding carboxylic acids is 3. The number of halogens is 3. The second-order valence-electron chi connectivity index (χ2n) is 7.38. The Morgan fingerprint density at radius 3 is 2.51 bits per heavy atom. The number of hydrazone groups is 1. The van der Waals surface area contributed by atoms with Gasteiger partial charge in [-0.3, -0.25) is 19.3 Å². The Morgan fingerprint density at radius 1 is 1.14 bits per heavy atom. The molecule has 2 aromatic carbocycles. The van der Waals surface area contributed by atoms with E-state index in [9.17, 15) is 14.4 Å². The molecule has 1 saturated heterocycles. The minimum absolute atomic E-state index is 0.0586. The minimum atomic E-state index is -0.692. The molecule has 1 aliphatic heterocycles. The van der Waals surface area contributed by atoms with Crippen molar-refractivity contribution in [3.05, 3.63) is 69.7 Å².